The predicted molar refractivity (Wildman–Crippen MR) is 130 cm³/mol. The molecule has 4 rings (SSSR count). The highest BCUT2D eigenvalue weighted by molar-refractivity contribution is 5.92. The highest BCUT2D eigenvalue weighted by atomic mass is 16.5. The Morgan fingerprint density at radius 1 is 1.00 bits per heavy atom. The average Bonchev–Trinajstić information content (AvgIpc) is 2.85. The maximum Gasteiger partial charge on any atom is 0.262 e. The molecule has 0 radical (unpaired) electrons. The number of amides is 1. The molecule has 0 bridgehead atoms. The van der Waals surface area contributed by atoms with E-state index in [2.05, 4.69) is 27.3 Å². The lowest BCUT2D eigenvalue weighted by Crippen LogP contribution is -2.33. The van der Waals surface area contributed by atoms with Crippen molar-refractivity contribution in [2.24, 2.45) is 5.92 Å². The lowest BCUT2D eigenvalue weighted by atomic mass is 9.99. The smallest absolute Gasteiger partial charge is 0.262 e. The van der Waals surface area contributed by atoms with Crippen LogP contribution in [0.25, 0.3) is 11.3 Å². The largest absolute Gasteiger partial charge is 0.494 e. The number of anilines is 2. The molecule has 172 valence electrons. The van der Waals surface area contributed by atoms with Gasteiger partial charge in [0.05, 0.1) is 12.3 Å². The molecular weight excluding hydrogens is 416 g/mol. The van der Waals surface area contributed by atoms with Gasteiger partial charge in [0.25, 0.3) is 5.91 Å². The first-order valence-corrected chi connectivity index (χ1v) is 11.5. The minimum Gasteiger partial charge on any atom is -0.494 e. The third kappa shape index (κ3) is 6.22. The summed E-state index contributed by atoms with van der Waals surface area (Å²) in [5, 5.41) is 11.7. The Morgan fingerprint density at radius 3 is 2.39 bits per heavy atom. The molecule has 1 N–H and O–H groups in total. The van der Waals surface area contributed by atoms with Gasteiger partial charge >= 0.3 is 0 Å². The number of benzene rings is 2. The zero-order chi connectivity index (χ0) is 23.0. The van der Waals surface area contributed by atoms with E-state index in [0.29, 0.717) is 18.0 Å². The van der Waals surface area contributed by atoms with Crippen LogP contribution in [0.2, 0.25) is 0 Å². The van der Waals surface area contributed by atoms with Crippen LogP contribution in [0.4, 0.5) is 11.5 Å². The van der Waals surface area contributed by atoms with E-state index in [4.69, 9.17) is 9.47 Å². The molecule has 1 aromatic heterocycles. The summed E-state index contributed by atoms with van der Waals surface area (Å²) < 4.78 is 11.0. The first kappa shape index (κ1) is 22.6. The number of piperidine rings is 1. The Kier molecular flexibility index (Phi) is 7.40. The van der Waals surface area contributed by atoms with Crippen LogP contribution in [-0.4, -0.2) is 42.4 Å². The van der Waals surface area contributed by atoms with Crippen LogP contribution in [0.3, 0.4) is 0 Å². The monoisotopic (exact) mass is 446 g/mol. The summed E-state index contributed by atoms with van der Waals surface area (Å²) in [7, 11) is 0. The molecule has 0 unspecified atom stereocenters. The highest BCUT2D eigenvalue weighted by Crippen LogP contribution is 2.24. The molecule has 1 fully saturated rings. The molecule has 7 heteroatoms. The standard InChI is InChI=1S/C26H30N4O3/c1-3-32-22-7-9-23(10-8-22)33-18-26(31)27-21-6-4-5-20(17-21)24-11-12-25(29-28-24)30-15-13-19(2)14-16-30/h4-12,17,19H,3,13-16,18H2,1-2H3,(H,27,31). The van der Waals surface area contributed by atoms with Crippen LogP contribution in [0, 0.1) is 5.92 Å². The van der Waals surface area contributed by atoms with Crippen molar-refractivity contribution in [2.75, 3.05) is 36.5 Å². The van der Waals surface area contributed by atoms with Crippen molar-refractivity contribution < 1.29 is 14.3 Å². The molecular formula is C26H30N4O3. The molecule has 3 aromatic rings. The second kappa shape index (κ2) is 10.8. The van der Waals surface area contributed by atoms with Crippen molar-refractivity contribution in [3.8, 4) is 22.8 Å². The molecule has 1 saturated heterocycles. The van der Waals surface area contributed by atoms with Gasteiger partial charge in [-0.05, 0) is 74.2 Å². The summed E-state index contributed by atoms with van der Waals surface area (Å²) in [5.41, 5.74) is 2.35. The molecule has 1 amide bonds. The Labute approximate surface area is 194 Å². The van der Waals surface area contributed by atoms with Crippen molar-refractivity contribution in [3.63, 3.8) is 0 Å². The van der Waals surface area contributed by atoms with E-state index < -0.39 is 0 Å². The van der Waals surface area contributed by atoms with E-state index in [-0.39, 0.29) is 12.5 Å². The third-order valence-corrected chi connectivity index (χ3v) is 5.70. The van der Waals surface area contributed by atoms with Crippen molar-refractivity contribution in [1.82, 2.24) is 10.2 Å². The fraction of sp³-hybridized carbons (Fsp3) is 0.346. The lowest BCUT2D eigenvalue weighted by Gasteiger charge is -2.30. The van der Waals surface area contributed by atoms with Gasteiger partial charge in [0.1, 0.15) is 11.5 Å². The number of carbonyl (C=O) groups is 1. The van der Waals surface area contributed by atoms with E-state index >= 15 is 0 Å². The summed E-state index contributed by atoms with van der Waals surface area (Å²) >= 11 is 0. The average molecular weight is 447 g/mol. The Bertz CT molecular complexity index is 1050. The van der Waals surface area contributed by atoms with Crippen molar-refractivity contribution in [1.29, 1.82) is 0 Å². The van der Waals surface area contributed by atoms with Crippen molar-refractivity contribution in [3.05, 3.63) is 60.7 Å². The fourth-order valence-corrected chi connectivity index (χ4v) is 3.79. The summed E-state index contributed by atoms with van der Waals surface area (Å²) in [5.74, 6) is 2.84. The quantitative estimate of drug-likeness (QED) is 0.536. The van der Waals surface area contributed by atoms with Crippen LogP contribution >= 0.6 is 0 Å². The molecule has 7 nitrogen and oxygen atoms in total. The van der Waals surface area contributed by atoms with E-state index in [1.807, 2.05) is 55.5 Å². The Morgan fingerprint density at radius 2 is 1.73 bits per heavy atom. The summed E-state index contributed by atoms with van der Waals surface area (Å²) in [6.45, 7) is 6.80. The van der Waals surface area contributed by atoms with Crippen LogP contribution in [0.15, 0.2) is 60.7 Å². The first-order chi connectivity index (χ1) is 16.1. The Balaban J connectivity index is 1.33. The number of carbonyl (C=O) groups excluding carboxylic acids is 1. The Hall–Kier alpha value is -3.61. The molecule has 1 aliphatic rings. The van der Waals surface area contributed by atoms with Gasteiger partial charge in [-0.3, -0.25) is 4.79 Å². The number of aromatic nitrogens is 2. The van der Waals surface area contributed by atoms with E-state index in [9.17, 15) is 4.79 Å². The van der Waals surface area contributed by atoms with Gasteiger partial charge in [-0.25, -0.2) is 0 Å². The third-order valence-electron chi connectivity index (χ3n) is 5.70. The second-order valence-corrected chi connectivity index (χ2v) is 8.27. The maximum absolute atomic E-state index is 12.4. The summed E-state index contributed by atoms with van der Waals surface area (Å²) in [6.07, 6.45) is 2.38. The topological polar surface area (TPSA) is 76.6 Å². The first-order valence-electron chi connectivity index (χ1n) is 11.5. The minimum absolute atomic E-state index is 0.0822. The number of ether oxygens (including phenoxy) is 2. The van der Waals surface area contributed by atoms with Crippen LogP contribution in [0.5, 0.6) is 11.5 Å². The van der Waals surface area contributed by atoms with Gasteiger partial charge in [0.2, 0.25) is 0 Å². The molecule has 0 atom stereocenters. The number of nitrogens with zero attached hydrogens (tertiary/aromatic N) is 3. The van der Waals surface area contributed by atoms with Crippen molar-refractivity contribution >= 4 is 17.4 Å². The van der Waals surface area contributed by atoms with Crippen LogP contribution in [0.1, 0.15) is 26.7 Å². The fourth-order valence-electron chi connectivity index (χ4n) is 3.79. The molecule has 2 heterocycles. The van der Waals surface area contributed by atoms with Gasteiger partial charge in [-0.15, -0.1) is 10.2 Å². The second-order valence-electron chi connectivity index (χ2n) is 8.27. The molecule has 0 saturated carbocycles. The van der Waals surface area contributed by atoms with Gasteiger partial charge in [-0.2, -0.15) is 0 Å². The number of rotatable bonds is 8. The number of hydrogen-bond donors (Lipinski definition) is 1. The van der Waals surface area contributed by atoms with E-state index in [1.165, 1.54) is 12.8 Å². The van der Waals surface area contributed by atoms with Gasteiger partial charge in [0, 0.05) is 24.3 Å². The number of nitrogens with one attached hydrogen (secondary N) is 1. The minimum atomic E-state index is -0.234. The molecule has 2 aromatic carbocycles. The predicted octanol–water partition coefficient (Wildman–Crippen LogP) is 4.80. The summed E-state index contributed by atoms with van der Waals surface area (Å²) in [6, 6.07) is 18.8. The van der Waals surface area contributed by atoms with Gasteiger partial charge < -0.3 is 19.7 Å². The SMILES string of the molecule is CCOc1ccc(OCC(=O)Nc2cccc(-c3ccc(N4CCC(C)CC4)nn3)c2)cc1. The molecule has 1 aliphatic heterocycles. The molecule has 0 aliphatic carbocycles. The van der Waals surface area contributed by atoms with Gasteiger partial charge in [0.15, 0.2) is 12.4 Å². The lowest BCUT2D eigenvalue weighted by molar-refractivity contribution is -0.118. The van der Waals surface area contributed by atoms with E-state index in [0.717, 1.165) is 41.8 Å². The van der Waals surface area contributed by atoms with Crippen LogP contribution in [-0.2, 0) is 4.79 Å². The van der Waals surface area contributed by atoms with Crippen molar-refractivity contribution in [2.45, 2.75) is 26.7 Å². The van der Waals surface area contributed by atoms with E-state index in [1.54, 1.807) is 12.1 Å². The summed E-state index contributed by atoms with van der Waals surface area (Å²) in [4.78, 5) is 14.6. The maximum atomic E-state index is 12.4. The zero-order valence-electron chi connectivity index (χ0n) is 19.2. The normalized spacial score (nSPS) is 14.1. The number of hydrogen-bond acceptors (Lipinski definition) is 6. The zero-order valence-corrected chi connectivity index (χ0v) is 19.2. The molecule has 33 heavy (non-hydrogen) atoms. The highest BCUT2D eigenvalue weighted by Gasteiger charge is 2.17. The van der Waals surface area contributed by atoms with Gasteiger partial charge in [-0.1, -0.05) is 19.1 Å². The molecule has 0 spiro atoms. The van der Waals surface area contributed by atoms with Crippen LogP contribution < -0.4 is 19.7 Å².